The molecule has 3 N–H and O–H groups in total. The normalized spacial score (nSPS) is 11.7. The Labute approximate surface area is 122 Å². The van der Waals surface area contributed by atoms with E-state index in [1.807, 2.05) is 0 Å². The smallest absolute Gasteiger partial charge is 0.243 e. The molecule has 21 heavy (non-hydrogen) atoms. The first-order valence-corrected chi connectivity index (χ1v) is 7.78. The lowest BCUT2D eigenvalue weighted by Gasteiger charge is -2.09. The number of aryl methyl sites for hydroxylation is 2. The number of nitrogens with one attached hydrogen (secondary N) is 1. The van der Waals surface area contributed by atoms with Gasteiger partial charge in [0.15, 0.2) is 0 Å². The Morgan fingerprint density at radius 3 is 2.86 bits per heavy atom. The molecule has 7 nitrogen and oxygen atoms in total. The minimum Gasteiger partial charge on any atom is -0.398 e. The zero-order valence-electron chi connectivity index (χ0n) is 11.5. The second-order valence-corrected chi connectivity index (χ2v) is 6.29. The van der Waals surface area contributed by atoms with Crippen molar-refractivity contribution in [1.82, 2.24) is 19.7 Å². The number of nitrogen functional groups attached to an aromatic ring is 1. The highest BCUT2D eigenvalue weighted by atomic mass is 32.2. The van der Waals surface area contributed by atoms with Gasteiger partial charge in [-0.2, -0.15) is 0 Å². The lowest BCUT2D eigenvalue weighted by molar-refractivity contribution is 0.535. The van der Waals surface area contributed by atoms with Crippen LogP contribution >= 0.6 is 0 Å². The number of hydrogen-bond donors (Lipinski definition) is 2. The number of sulfonamides is 1. The van der Waals surface area contributed by atoms with Gasteiger partial charge in [-0.15, -0.1) is 5.10 Å². The lowest BCUT2D eigenvalue weighted by Crippen LogP contribution is -2.26. The maximum absolute atomic E-state index is 13.8. The van der Waals surface area contributed by atoms with Crippen molar-refractivity contribution in [3.05, 3.63) is 35.9 Å². The molecular formula is C12H16FN5O2S. The van der Waals surface area contributed by atoms with Crippen LogP contribution in [0.25, 0.3) is 0 Å². The zero-order valence-corrected chi connectivity index (χ0v) is 12.3. The van der Waals surface area contributed by atoms with E-state index in [-0.39, 0.29) is 12.2 Å². The van der Waals surface area contributed by atoms with E-state index in [2.05, 4.69) is 15.0 Å². The Morgan fingerprint density at radius 2 is 2.19 bits per heavy atom. The number of halogens is 1. The minimum absolute atomic E-state index is 0.162. The van der Waals surface area contributed by atoms with E-state index in [0.717, 1.165) is 12.1 Å². The van der Waals surface area contributed by atoms with E-state index in [1.54, 1.807) is 17.8 Å². The highest BCUT2D eigenvalue weighted by Gasteiger charge is 2.19. The van der Waals surface area contributed by atoms with Gasteiger partial charge in [-0.25, -0.2) is 17.5 Å². The summed E-state index contributed by atoms with van der Waals surface area (Å²) in [5.41, 5.74) is 6.36. The third kappa shape index (κ3) is 3.76. The quantitative estimate of drug-likeness (QED) is 0.603. The minimum atomic E-state index is -3.92. The van der Waals surface area contributed by atoms with Crippen LogP contribution in [-0.4, -0.2) is 30.0 Å². The predicted molar refractivity (Wildman–Crippen MR) is 75.4 cm³/mol. The van der Waals surface area contributed by atoms with Crippen LogP contribution in [0.15, 0.2) is 29.4 Å². The van der Waals surface area contributed by atoms with E-state index in [1.165, 1.54) is 6.20 Å². The highest BCUT2D eigenvalue weighted by molar-refractivity contribution is 7.89. The van der Waals surface area contributed by atoms with Crippen LogP contribution in [0.5, 0.6) is 0 Å². The molecule has 0 bridgehead atoms. The summed E-state index contributed by atoms with van der Waals surface area (Å²) < 4.78 is 41.8. The molecular weight excluding hydrogens is 297 g/mol. The summed E-state index contributed by atoms with van der Waals surface area (Å²) >= 11 is 0. The van der Waals surface area contributed by atoms with Gasteiger partial charge < -0.3 is 5.73 Å². The Morgan fingerprint density at radius 1 is 1.43 bits per heavy atom. The maximum atomic E-state index is 13.8. The summed E-state index contributed by atoms with van der Waals surface area (Å²) in [7, 11) is -3.92. The summed E-state index contributed by atoms with van der Waals surface area (Å²) in [5.74, 6) is -0.814. The largest absolute Gasteiger partial charge is 0.398 e. The molecule has 2 aromatic rings. The van der Waals surface area contributed by atoms with E-state index in [0.29, 0.717) is 18.5 Å². The molecule has 1 aromatic heterocycles. The van der Waals surface area contributed by atoms with Gasteiger partial charge >= 0.3 is 0 Å². The van der Waals surface area contributed by atoms with E-state index >= 15 is 0 Å². The molecule has 0 aliphatic rings. The number of hydrogen-bond acceptors (Lipinski definition) is 5. The number of aromatic nitrogens is 3. The number of benzene rings is 1. The second-order valence-electron chi connectivity index (χ2n) is 4.56. The van der Waals surface area contributed by atoms with Crippen LogP contribution in [-0.2, 0) is 16.6 Å². The molecule has 0 fully saturated rings. The Hall–Kier alpha value is -2.00. The fourth-order valence-corrected chi connectivity index (χ4v) is 2.92. The van der Waals surface area contributed by atoms with Crippen molar-refractivity contribution in [2.45, 2.75) is 24.8 Å². The molecule has 0 atom stereocenters. The van der Waals surface area contributed by atoms with Crippen molar-refractivity contribution < 1.29 is 12.8 Å². The Kier molecular flexibility index (Phi) is 4.53. The third-order valence-corrected chi connectivity index (χ3v) is 4.41. The molecule has 9 heteroatoms. The first-order chi connectivity index (χ1) is 9.90. The molecule has 0 saturated heterocycles. The molecule has 114 valence electrons. The van der Waals surface area contributed by atoms with Gasteiger partial charge in [0.25, 0.3) is 0 Å². The molecule has 2 rings (SSSR count). The fourth-order valence-electron chi connectivity index (χ4n) is 1.75. The average Bonchev–Trinajstić information content (AvgIpc) is 2.92. The molecule has 0 unspecified atom stereocenters. The Balaban J connectivity index is 2.00. The fraction of sp³-hybridized carbons (Fsp3) is 0.333. The van der Waals surface area contributed by atoms with E-state index in [4.69, 9.17) is 5.73 Å². The monoisotopic (exact) mass is 313 g/mol. The van der Waals surface area contributed by atoms with Gasteiger partial charge in [0, 0.05) is 25.0 Å². The number of nitrogens with zero attached hydrogens (tertiary/aromatic N) is 3. The summed E-state index contributed by atoms with van der Waals surface area (Å²) in [6, 6.07) is 2.24. The van der Waals surface area contributed by atoms with Gasteiger partial charge in [0.1, 0.15) is 10.7 Å². The summed E-state index contributed by atoms with van der Waals surface area (Å²) in [4.78, 5) is -0.439. The van der Waals surface area contributed by atoms with Gasteiger partial charge in [-0.05, 0) is 31.0 Å². The van der Waals surface area contributed by atoms with Crippen LogP contribution < -0.4 is 10.5 Å². The van der Waals surface area contributed by atoms with Crippen LogP contribution in [0.2, 0.25) is 0 Å². The molecule has 0 amide bonds. The molecule has 1 aromatic carbocycles. The Bertz CT molecular complexity index is 715. The molecule has 0 radical (unpaired) electrons. The highest BCUT2D eigenvalue weighted by Crippen LogP contribution is 2.21. The van der Waals surface area contributed by atoms with Crippen molar-refractivity contribution in [3.8, 4) is 0 Å². The van der Waals surface area contributed by atoms with Gasteiger partial charge in [-0.3, -0.25) is 4.68 Å². The molecule has 0 spiro atoms. The van der Waals surface area contributed by atoms with E-state index < -0.39 is 20.7 Å². The average molecular weight is 313 g/mol. The maximum Gasteiger partial charge on any atom is 0.243 e. The summed E-state index contributed by atoms with van der Waals surface area (Å²) in [5, 5.41) is 7.39. The standard InChI is InChI=1S/C12H16FN5O2S/c1-9-7-10(13)12(8-11(9)14)21(19,20)16-3-2-5-18-6-4-15-17-18/h4,6-8,16H,2-3,5,14H2,1H3. The summed E-state index contributed by atoms with van der Waals surface area (Å²) in [6.07, 6.45) is 3.72. The lowest BCUT2D eigenvalue weighted by atomic mass is 10.2. The van der Waals surface area contributed by atoms with E-state index in [9.17, 15) is 12.8 Å². The number of anilines is 1. The van der Waals surface area contributed by atoms with Crippen molar-refractivity contribution in [2.75, 3.05) is 12.3 Å². The first kappa shape index (κ1) is 15.4. The predicted octanol–water partition coefficient (Wildman–Crippen LogP) is 0.676. The zero-order chi connectivity index (χ0) is 15.5. The third-order valence-electron chi connectivity index (χ3n) is 2.94. The van der Waals surface area contributed by atoms with Crippen molar-refractivity contribution in [3.63, 3.8) is 0 Å². The SMILES string of the molecule is Cc1cc(F)c(S(=O)(=O)NCCCn2ccnn2)cc1N. The number of nitrogens with two attached hydrogens (primary N) is 1. The molecule has 0 saturated carbocycles. The molecule has 1 heterocycles. The summed E-state index contributed by atoms with van der Waals surface area (Å²) in [6.45, 7) is 2.29. The second kappa shape index (κ2) is 6.19. The first-order valence-electron chi connectivity index (χ1n) is 6.29. The van der Waals surface area contributed by atoms with Crippen molar-refractivity contribution >= 4 is 15.7 Å². The van der Waals surface area contributed by atoms with Gasteiger partial charge in [-0.1, -0.05) is 5.21 Å². The topological polar surface area (TPSA) is 103 Å². The van der Waals surface area contributed by atoms with Crippen LogP contribution in [0.1, 0.15) is 12.0 Å². The van der Waals surface area contributed by atoms with Gasteiger partial charge in [0.05, 0.1) is 6.20 Å². The molecule has 0 aliphatic heterocycles. The molecule has 0 aliphatic carbocycles. The van der Waals surface area contributed by atoms with Crippen LogP contribution in [0.4, 0.5) is 10.1 Å². The van der Waals surface area contributed by atoms with Crippen LogP contribution in [0, 0.1) is 12.7 Å². The number of rotatable bonds is 6. The van der Waals surface area contributed by atoms with Crippen molar-refractivity contribution in [1.29, 1.82) is 0 Å². The van der Waals surface area contributed by atoms with Gasteiger partial charge in [0.2, 0.25) is 10.0 Å². The van der Waals surface area contributed by atoms with Crippen LogP contribution in [0.3, 0.4) is 0 Å². The van der Waals surface area contributed by atoms with Crippen molar-refractivity contribution in [2.24, 2.45) is 0 Å².